The van der Waals surface area contributed by atoms with E-state index in [0.717, 1.165) is 18.0 Å². The van der Waals surface area contributed by atoms with Gasteiger partial charge in [0.1, 0.15) is 0 Å². The molecule has 1 heteroatoms. The van der Waals surface area contributed by atoms with Gasteiger partial charge in [0.05, 0.1) is 25.2 Å². The largest absolute Gasteiger partial charge is 0.319 e. The first-order valence-electron chi connectivity index (χ1n) is 7.03. The molecule has 0 N–H and O–H groups in total. The lowest BCUT2D eigenvalue weighted by molar-refractivity contribution is -0.976. The van der Waals surface area contributed by atoms with Gasteiger partial charge in [-0.1, -0.05) is 6.92 Å². The van der Waals surface area contributed by atoms with Crippen LogP contribution in [0.4, 0.5) is 0 Å². The molecule has 2 aliphatic heterocycles. The van der Waals surface area contributed by atoms with Crippen LogP contribution in [0.15, 0.2) is 0 Å². The summed E-state index contributed by atoms with van der Waals surface area (Å²) < 4.78 is 1.46. The van der Waals surface area contributed by atoms with Gasteiger partial charge in [0, 0.05) is 5.92 Å². The van der Waals surface area contributed by atoms with E-state index < -0.39 is 0 Å². The summed E-state index contributed by atoms with van der Waals surface area (Å²) in [7, 11) is 0. The highest BCUT2D eigenvalue weighted by atomic mass is 15.4. The Balaban J connectivity index is 2.21. The van der Waals surface area contributed by atoms with Crippen molar-refractivity contribution in [1.82, 2.24) is 0 Å². The second-order valence-electron chi connectivity index (χ2n) is 6.11. The SMILES string of the molecule is CC1CCCC(C)[N+]2(CCCCC2)C1C. The predicted molar refractivity (Wildman–Crippen MR) is 65.8 cm³/mol. The van der Waals surface area contributed by atoms with Crippen LogP contribution in [0.3, 0.4) is 0 Å². The zero-order valence-corrected chi connectivity index (χ0v) is 10.8. The van der Waals surface area contributed by atoms with E-state index in [1.165, 1.54) is 56.1 Å². The van der Waals surface area contributed by atoms with Crippen molar-refractivity contribution in [1.29, 1.82) is 0 Å². The first-order chi connectivity index (χ1) is 7.17. The Morgan fingerprint density at radius 2 is 1.47 bits per heavy atom. The maximum Gasteiger partial charge on any atom is 0.0889 e. The predicted octanol–water partition coefficient (Wildman–Crippen LogP) is 3.58. The fourth-order valence-corrected chi connectivity index (χ4v) is 4.09. The monoisotopic (exact) mass is 210 g/mol. The van der Waals surface area contributed by atoms with Gasteiger partial charge in [-0.15, -0.1) is 0 Å². The molecule has 1 nitrogen and oxygen atoms in total. The second-order valence-corrected chi connectivity index (χ2v) is 6.11. The van der Waals surface area contributed by atoms with Crippen LogP contribution in [0.25, 0.3) is 0 Å². The molecule has 2 aliphatic rings. The Morgan fingerprint density at radius 1 is 0.800 bits per heavy atom. The van der Waals surface area contributed by atoms with Crippen LogP contribution in [0.5, 0.6) is 0 Å². The summed E-state index contributed by atoms with van der Waals surface area (Å²) in [5.74, 6) is 0.938. The maximum atomic E-state index is 2.53. The molecule has 0 saturated carbocycles. The third-order valence-corrected chi connectivity index (χ3v) is 5.44. The van der Waals surface area contributed by atoms with Gasteiger partial charge in [0.25, 0.3) is 0 Å². The van der Waals surface area contributed by atoms with Gasteiger partial charge in [-0.25, -0.2) is 0 Å². The molecule has 15 heavy (non-hydrogen) atoms. The molecule has 3 unspecified atom stereocenters. The smallest absolute Gasteiger partial charge is 0.0889 e. The highest BCUT2D eigenvalue weighted by Gasteiger charge is 2.43. The van der Waals surface area contributed by atoms with E-state index in [0.29, 0.717) is 0 Å². The van der Waals surface area contributed by atoms with E-state index in [2.05, 4.69) is 20.8 Å². The Hall–Kier alpha value is -0.0400. The molecule has 0 amide bonds. The van der Waals surface area contributed by atoms with Crippen molar-refractivity contribution >= 4 is 0 Å². The van der Waals surface area contributed by atoms with Gasteiger partial charge in [0.2, 0.25) is 0 Å². The van der Waals surface area contributed by atoms with Crippen LogP contribution < -0.4 is 0 Å². The van der Waals surface area contributed by atoms with Crippen LogP contribution in [0.1, 0.15) is 59.3 Å². The van der Waals surface area contributed by atoms with E-state index in [1.807, 2.05) is 0 Å². The molecule has 0 aliphatic carbocycles. The van der Waals surface area contributed by atoms with Crippen molar-refractivity contribution in [3.05, 3.63) is 0 Å². The molecular formula is C14H28N+. The van der Waals surface area contributed by atoms with Crippen molar-refractivity contribution in [2.75, 3.05) is 13.1 Å². The van der Waals surface area contributed by atoms with Gasteiger partial charge in [-0.3, -0.25) is 0 Å². The molecule has 0 aromatic carbocycles. The number of piperidine rings is 1. The van der Waals surface area contributed by atoms with Gasteiger partial charge in [-0.05, 0) is 52.4 Å². The fourth-order valence-electron chi connectivity index (χ4n) is 4.09. The topological polar surface area (TPSA) is 0 Å². The average Bonchev–Trinajstić information content (AvgIpc) is 2.36. The van der Waals surface area contributed by atoms with Crippen LogP contribution in [-0.4, -0.2) is 29.7 Å². The van der Waals surface area contributed by atoms with Gasteiger partial charge in [-0.2, -0.15) is 0 Å². The van der Waals surface area contributed by atoms with Crippen LogP contribution >= 0.6 is 0 Å². The highest BCUT2D eigenvalue weighted by Crippen LogP contribution is 2.36. The van der Waals surface area contributed by atoms with Gasteiger partial charge >= 0.3 is 0 Å². The molecule has 0 aromatic rings. The van der Waals surface area contributed by atoms with Crippen molar-refractivity contribution in [3.8, 4) is 0 Å². The third kappa shape index (κ3) is 1.95. The average molecular weight is 210 g/mol. The van der Waals surface area contributed by atoms with Crippen molar-refractivity contribution < 1.29 is 4.48 Å². The summed E-state index contributed by atoms with van der Waals surface area (Å²) in [5.41, 5.74) is 0. The van der Waals surface area contributed by atoms with E-state index >= 15 is 0 Å². The standard InChI is InChI=1S/C14H28N/c1-12-8-7-9-13(2)15(14(12)3)10-5-4-6-11-15/h12-14H,4-11H2,1-3H3/q+1. The Bertz CT molecular complexity index is 205. The zero-order chi connectivity index (χ0) is 10.9. The Morgan fingerprint density at radius 3 is 2.13 bits per heavy atom. The Labute approximate surface area is 95.4 Å². The van der Waals surface area contributed by atoms with E-state index in [1.54, 1.807) is 0 Å². The normalized spacial score (nSPS) is 41.4. The lowest BCUT2D eigenvalue weighted by Gasteiger charge is -2.50. The van der Waals surface area contributed by atoms with E-state index in [9.17, 15) is 0 Å². The molecule has 0 bridgehead atoms. The maximum absolute atomic E-state index is 2.53. The van der Waals surface area contributed by atoms with Crippen molar-refractivity contribution in [2.45, 2.75) is 71.4 Å². The van der Waals surface area contributed by atoms with Gasteiger partial charge < -0.3 is 4.48 Å². The Kier molecular flexibility index (Phi) is 3.39. The third-order valence-electron chi connectivity index (χ3n) is 5.44. The molecule has 2 heterocycles. The quantitative estimate of drug-likeness (QED) is 0.536. The van der Waals surface area contributed by atoms with E-state index in [4.69, 9.17) is 0 Å². The summed E-state index contributed by atoms with van der Waals surface area (Å²) in [6.07, 6.45) is 8.82. The number of rotatable bonds is 0. The second kappa shape index (κ2) is 4.45. The summed E-state index contributed by atoms with van der Waals surface area (Å²) in [5, 5.41) is 0. The summed E-state index contributed by atoms with van der Waals surface area (Å²) in [4.78, 5) is 0. The first-order valence-corrected chi connectivity index (χ1v) is 7.03. The molecule has 2 rings (SSSR count). The number of quaternary nitrogens is 1. The molecular weight excluding hydrogens is 182 g/mol. The summed E-state index contributed by atoms with van der Waals surface area (Å²) in [6, 6.07) is 1.83. The van der Waals surface area contributed by atoms with Crippen molar-refractivity contribution in [2.24, 2.45) is 5.92 Å². The molecule has 2 saturated heterocycles. The summed E-state index contributed by atoms with van der Waals surface area (Å²) in [6.45, 7) is 10.5. The number of nitrogens with zero attached hydrogens (tertiary/aromatic N) is 1. The molecule has 88 valence electrons. The van der Waals surface area contributed by atoms with Crippen LogP contribution in [-0.2, 0) is 0 Å². The van der Waals surface area contributed by atoms with E-state index in [-0.39, 0.29) is 0 Å². The first kappa shape index (κ1) is 11.4. The van der Waals surface area contributed by atoms with Crippen LogP contribution in [0, 0.1) is 5.92 Å². The minimum atomic E-state index is 0.905. The van der Waals surface area contributed by atoms with Gasteiger partial charge in [0.15, 0.2) is 0 Å². The lowest BCUT2D eigenvalue weighted by atomic mass is 9.93. The molecule has 3 atom stereocenters. The fraction of sp³-hybridized carbons (Fsp3) is 1.00. The summed E-state index contributed by atoms with van der Waals surface area (Å²) >= 11 is 0. The molecule has 1 spiro atoms. The minimum absolute atomic E-state index is 0.905. The number of hydrogen-bond acceptors (Lipinski definition) is 0. The molecule has 2 fully saturated rings. The van der Waals surface area contributed by atoms with Crippen molar-refractivity contribution in [3.63, 3.8) is 0 Å². The zero-order valence-electron chi connectivity index (χ0n) is 10.8. The minimum Gasteiger partial charge on any atom is -0.319 e. The van der Waals surface area contributed by atoms with Crippen LogP contribution in [0.2, 0.25) is 0 Å². The lowest BCUT2D eigenvalue weighted by Crippen LogP contribution is -2.62. The molecule has 0 radical (unpaired) electrons. The molecule has 0 aromatic heterocycles. The number of hydrogen-bond donors (Lipinski definition) is 0. The highest BCUT2D eigenvalue weighted by molar-refractivity contribution is 4.74.